The molecule has 1 aromatic heterocycles. The van der Waals surface area contributed by atoms with Crippen molar-refractivity contribution in [2.24, 2.45) is 7.05 Å². The molecule has 0 atom stereocenters. The maximum absolute atomic E-state index is 14.7. The molecule has 0 bridgehead atoms. The Labute approximate surface area is 207 Å². The van der Waals surface area contributed by atoms with E-state index in [1.54, 1.807) is 42.2 Å². The van der Waals surface area contributed by atoms with Gasteiger partial charge in [0, 0.05) is 54.8 Å². The summed E-state index contributed by atoms with van der Waals surface area (Å²) in [5.41, 5.74) is 1.13. The van der Waals surface area contributed by atoms with Gasteiger partial charge in [-0.2, -0.15) is 13.9 Å². The van der Waals surface area contributed by atoms with Crippen LogP contribution in [0, 0.1) is 0 Å². The fourth-order valence-electron chi connectivity index (χ4n) is 3.83. The van der Waals surface area contributed by atoms with Gasteiger partial charge in [-0.15, -0.1) is 0 Å². The van der Waals surface area contributed by atoms with E-state index >= 15 is 0 Å². The highest BCUT2D eigenvalue weighted by Gasteiger charge is 2.41. The Balaban J connectivity index is 1.51. The molecule has 4 rings (SSSR count). The average Bonchev–Trinajstić information content (AvgIpc) is 3.10. The van der Waals surface area contributed by atoms with Crippen molar-refractivity contribution in [3.05, 3.63) is 65.3 Å². The van der Waals surface area contributed by atoms with E-state index in [0.717, 1.165) is 43.8 Å². The van der Waals surface area contributed by atoms with Gasteiger partial charge < -0.3 is 14.8 Å². The zero-order valence-corrected chi connectivity index (χ0v) is 20.1. The number of alkyl halides is 2. The Morgan fingerprint density at radius 3 is 2.74 bits per heavy atom. The third kappa shape index (κ3) is 6.17. The molecule has 2 aromatic carbocycles. The predicted molar refractivity (Wildman–Crippen MR) is 130 cm³/mol. The quantitative estimate of drug-likeness (QED) is 0.471. The van der Waals surface area contributed by atoms with Crippen molar-refractivity contribution in [3.63, 3.8) is 0 Å². The number of ether oxygens (including phenoxy) is 2. The van der Waals surface area contributed by atoms with Crippen molar-refractivity contribution in [2.75, 3.05) is 38.4 Å². The summed E-state index contributed by atoms with van der Waals surface area (Å²) in [4.78, 5) is 14.7. The lowest BCUT2D eigenvalue weighted by molar-refractivity contribution is -0.140. The van der Waals surface area contributed by atoms with E-state index in [9.17, 15) is 13.6 Å². The molecule has 35 heavy (non-hydrogen) atoms. The molecule has 1 aliphatic rings. The van der Waals surface area contributed by atoms with Gasteiger partial charge in [0.15, 0.2) is 0 Å². The number of aromatic nitrogens is 2. The van der Waals surface area contributed by atoms with Crippen LogP contribution in [-0.4, -0.2) is 53.6 Å². The monoisotopic (exact) mass is 504 g/mol. The summed E-state index contributed by atoms with van der Waals surface area (Å²) in [6.45, 7) is 3.41. The Kier molecular flexibility index (Phi) is 8.00. The van der Waals surface area contributed by atoms with Gasteiger partial charge in [-0.3, -0.25) is 14.4 Å². The van der Waals surface area contributed by atoms with Crippen molar-refractivity contribution >= 4 is 23.2 Å². The summed E-state index contributed by atoms with van der Waals surface area (Å²) in [7, 11) is 1.77. The minimum Gasteiger partial charge on any atom is -0.492 e. The molecule has 2 heterocycles. The SMILES string of the molecule is Cn1nccc1-c1cc(NC(=O)C(F)(F)c2ccc(Cl)cc2)ccc1OCCN1CCCCOC1. The normalized spacial score (nSPS) is 15.0. The topological polar surface area (TPSA) is 68.6 Å². The molecule has 0 saturated carbocycles. The maximum atomic E-state index is 14.7. The number of rotatable bonds is 8. The van der Waals surface area contributed by atoms with Crippen molar-refractivity contribution in [2.45, 2.75) is 18.8 Å². The molecule has 10 heteroatoms. The highest BCUT2D eigenvalue weighted by Crippen LogP contribution is 2.34. The van der Waals surface area contributed by atoms with Gasteiger partial charge >= 0.3 is 5.92 Å². The standard InChI is InChI=1S/C25H27ClF2N4O3/c1-31-22(10-11-29-31)21-16-20(30-24(33)25(27,28)18-4-6-19(26)7-5-18)8-9-23(21)35-15-13-32-12-2-3-14-34-17-32/h4-11,16H,2-3,12-15,17H2,1H3,(H,30,33). The molecule has 7 nitrogen and oxygen atoms in total. The Hall–Kier alpha value is -3.01. The van der Waals surface area contributed by atoms with E-state index in [4.69, 9.17) is 21.1 Å². The summed E-state index contributed by atoms with van der Waals surface area (Å²) in [5, 5.41) is 6.83. The molecular formula is C25H27ClF2N4O3. The first-order valence-corrected chi connectivity index (χ1v) is 11.7. The van der Waals surface area contributed by atoms with Gasteiger partial charge in [0.1, 0.15) is 12.4 Å². The largest absolute Gasteiger partial charge is 0.492 e. The smallest absolute Gasteiger partial charge is 0.350 e. The number of hydrogen-bond acceptors (Lipinski definition) is 5. The minimum absolute atomic E-state index is 0.216. The molecule has 0 unspecified atom stereocenters. The van der Waals surface area contributed by atoms with E-state index < -0.39 is 17.4 Å². The second-order valence-corrected chi connectivity index (χ2v) is 8.73. The van der Waals surface area contributed by atoms with Crippen LogP contribution in [0.2, 0.25) is 5.02 Å². The first kappa shape index (κ1) is 25.1. The number of anilines is 1. The van der Waals surface area contributed by atoms with Crippen molar-refractivity contribution in [3.8, 4) is 17.0 Å². The Bertz CT molecular complexity index is 1150. The van der Waals surface area contributed by atoms with Gasteiger partial charge in [0.05, 0.1) is 12.4 Å². The fourth-order valence-corrected chi connectivity index (χ4v) is 3.96. The van der Waals surface area contributed by atoms with Crippen molar-refractivity contribution < 1.29 is 23.0 Å². The lowest BCUT2D eigenvalue weighted by atomic mass is 10.1. The average molecular weight is 505 g/mol. The number of hydrogen-bond donors (Lipinski definition) is 1. The molecule has 1 amide bonds. The number of aryl methyl sites for hydroxylation is 1. The number of carbonyl (C=O) groups is 1. The fraction of sp³-hybridized carbons (Fsp3) is 0.360. The van der Waals surface area contributed by atoms with Crippen LogP contribution >= 0.6 is 11.6 Å². The maximum Gasteiger partial charge on any atom is 0.350 e. The predicted octanol–water partition coefficient (Wildman–Crippen LogP) is 4.92. The Morgan fingerprint density at radius 2 is 2.00 bits per heavy atom. The van der Waals surface area contributed by atoms with Crippen LogP contribution < -0.4 is 10.1 Å². The number of nitrogens with one attached hydrogen (secondary N) is 1. The van der Waals surface area contributed by atoms with E-state index in [1.165, 1.54) is 12.1 Å². The molecule has 1 aliphatic heterocycles. The summed E-state index contributed by atoms with van der Waals surface area (Å²) < 4.78 is 42.8. The number of halogens is 3. The minimum atomic E-state index is -3.73. The number of nitrogens with zero attached hydrogens (tertiary/aromatic N) is 3. The van der Waals surface area contributed by atoms with Crippen LogP contribution in [0.3, 0.4) is 0 Å². The Morgan fingerprint density at radius 1 is 1.20 bits per heavy atom. The highest BCUT2D eigenvalue weighted by atomic mass is 35.5. The first-order valence-electron chi connectivity index (χ1n) is 11.4. The molecule has 0 radical (unpaired) electrons. The molecular weight excluding hydrogens is 478 g/mol. The molecule has 0 spiro atoms. The van der Waals surface area contributed by atoms with Crippen LogP contribution in [0.25, 0.3) is 11.3 Å². The van der Waals surface area contributed by atoms with Crippen LogP contribution in [0.15, 0.2) is 54.7 Å². The lowest BCUT2D eigenvalue weighted by Gasteiger charge is -2.20. The van der Waals surface area contributed by atoms with Gasteiger partial charge in [0.25, 0.3) is 5.91 Å². The number of benzene rings is 2. The molecule has 1 N–H and O–H groups in total. The van der Waals surface area contributed by atoms with E-state index in [-0.39, 0.29) is 5.69 Å². The van der Waals surface area contributed by atoms with Crippen LogP contribution in [-0.2, 0) is 22.5 Å². The second-order valence-electron chi connectivity index (χ2n) is 8.30. The van der Waals surface area contributed by atoms with Gasteiger partial charge in [0.2, 0.25) is 0 Å². The second kappa shape index (κ2) is 11.2. The van der Waals surface area contributed by atoms with Crippen molar-refractivity contribution in [1.82, 2.24) is 14.7 Å². The molecule has 3 aromatic rings. The molecule has 0 aliphatic carbocycles. The highest BCUT2D eigenvalue weighted by molar-refractivity contribution is 6.30. The molecule has 1 fully saturated rings. The summed E-state index contributed by atoms with van der Waals surface area (Å²) in [6.07, 6.45) is 3.76. The number of carbonyl (C=O) groups excluding carboxylic acids is 1. The lowest BCUT2D eigenvalue weighted by Crippen LogP contribution is -2.32. The van der Waals surface area contributed by atoms with E-state index in [2.05, 4.69) is 15.3 Å². The van der Waals surface area contributed by atoms with Crippen LogP contribution in [0.5, 0.6) is 5.75 Å². The number of amides is 1. The summed E-state index contributed by atoms with van der Waals surface area (Å²) in [5.74, 6) is -4.61. The third-order valence-electron chi connectivity index (χ3n) is 5.78. The zero-order chi connectivity index (χ0) is 24.8. The van der Waals surface area contributed by atoms with Crippen molar-refractivity contribution in [1.29, 1.82) is 0 Å². The molecule has 1 saturated heterocycles. The van der Waals surface area contributed by atoms with E-state index in [0.29, 0.717) is 36.2 Å². The third-order valence-corrected chi connectivity index (χ3v) is 6.03. The molecule has 186 valence electrons. The van der Waals surface area contributed by atoms with Crippen LogP contribution in [0.1, 0.15) is 18.4 Å². The van der Waals surface area contributed by atoms with Gasteiger partial charge in [-0.05, 0) is 49.2 Å². The van der Waals surface area contributed by atoms with Gasteiger partial charge in [-0.25, -0.2) is 0 Å². The van der Waals surface area contributed by atoms with Crippen LogP contribution in [0.4, 0.5) is 14.5 Å². The zero-order valence-electron chi connectivity index (χ0n) is 19.3. The first-order chi connectivity index (χ1) is 16.8. The van der Waals surface area contributed by atoms with E-state index in [1.807, 2.05) is 0 Å². The van der Waals surface area contributed by atoms with Gasteiger partial charge in [-0.1, -0.05) is 23.7 Å². The summed E-state index contributed by atoms with van der Waals surface area (Å²) >= 11 is 5.78. The summed E-state index contributed by atoms with van der Waals surface area (Å²) in [6, 6.07) is 11.5.